The van der Waals surface area contributed by atoms with Gasteiger partial charge in [-0.25, -0.2) is 9.13 Å². The number of carbonyl (C=O) groups excluding carboxylic acids is 4. The summed E-state index contributed by atoms with van der Waals surface area (Å²) < 4.78 is 67.8. The number of carbonyl (C=O) groups is 4. The number of esters is 4. The highest BCUT2D eigenvalue weighted by molar-refractivity contribution is 7.47. The van der Waals surface area contributed by atoms with Crippen molar-refractivity contribution in [3.8, 4) is 0 Å². The molecule has 0 aliphatic heterocycles. The molecule has 0 aromatic heterocycles. The monoisotopic (exact) mass is 1200 g/mol. The van der Waals surface area contributed by atoms with E-state index in [1.165, 1.54) is 83.5 Å². The largest absolute Gasteiger partial charge is 0.472 e. The molecule has 3 N–H and O–H groups in total. The summed E-state index contributed by atoms with van der Waals surface area (Å²) in [4.78, 5) is 72.0. The van der Waals surface area contributed by atoms with Crippen LogP contribution in [-0.4, -0.2) is 96.7 Å². The Labute approximate surface area is 492 Å². The van der Waals surface area contributed by atoms with Gasteiger partial charge in [0.25, 0.3) is 0 Å². The van der Waals surface area contributed by atoms with Crippen LogP contribution >= 0.6 is 15.6 Å². The summed E-state index contributed by atoms with van der Waals surface area (Å²) in [5.41, 5.74) is 0. The minimum atomic E-state index is -4.94. The molecule has 17 nitrogen and oxygen atoms in total. The van der Waals surface area contributed by atoms with Gasteiger partial charge < -0.3 is 33.8 Å². The molecule has 0 spiro atoms. The van der Waals surface area contributed by atoms with Gasteiger partial charge in [0.2, 0.25) is 0 Å². The lowest BCUT2D eigenvalue weighted by molar-refractivity contribution is -0.161. The zero-order valence-electron chi connectivity index (χ0n) is 52.4. The second-order valence-corrected chi connectivity index (χ2v) is 27.3. The van der Waals surface area contributed by atoms with Gasteiger partial charge in [-0.1, -0.05) is 242 Å². The first-order valence-corrected chi connectivity index (χ1v) is 35.2. The summed E-state index contributed by atoms with van der Waals surface area (Å²) in [6.07, 6.45) is 31.1. The topological polar surface area (TPSA) is 237 Å². The molecule has 0 bridgehead atoms. The zero-order valence-corrected chi connectivity index (χ0v) is 54.2. The molecule has 5 atom stereocenters. The summed E-state index contributed by atoms with van der Waals surface area (Å²) in [6, 6.07) is 0. The molecular weight excluding hydrogens is 1080 g/mol. The van der Waals surface area contributed by atoms with E-state index >= 15 is 0 Å². The van der Waals surface area contributed by atoms with Crippen LogP contribution in [0.25, 0.3) is 0 Å². The van der Waals surface area contributed by atoms with Gasteiger partial charge in [0.15, 0.2) is 12.2 Å². The first-order chi connectivity index (χ1) is 38.6. The lowest BCUT2D eigenvalue weighted by atomic mass is 10.0. The minimum Gasteiger partial charge on any atom is -0.462 e. The number of rotatable bonds is 59. The number of phosphoric acid groups is 2. The average molecular weight is 1200 g/mol. The molecule has 0 saturated heterocycles. The van der Waals surface area contributed by atoms with Crippen LogP contribution in [0, 0.1) is 23.7 Å². The first kappa shape index (κ1) is 79.1. The van der Waals surface area contributed by atoms with Crippen molar-refractivity contribution in [2.45, 2.75) is 311 Å². The van der Waals surface area contributed by atoms with Gasteiger partial charge in [-0.05, 0) is 49.4 Å². The maximum absolute atomic E-state index is 12.9. The molecule has 0 rings (SSSR count). The number of phosphoric ester groups is 2. The van der Waals surface area contributed by atoms with Gasteiger partial charge in [0.1, 0.15) is 19.3 Å². The second-order valence-electron chi connectivity index (χ2n) is 24.3. The Morgan fingerprint density at radius 2 is 0.519 bits per heavy atom. The maximum atomic E-state index is 12.9. The summed E-state index contributed by atoms with van der Waals surface area (Å²) >= 11 is 0. The third-order valence-corrected chi connectivity index (χ3v) is 16.0. The van der Waals surface area contributed by atoms with Crippen molar-refractivity contribution in [1.82, 2.24) is 0 Å². The Kier molecular flexibility index (Phi) is 51.1. The van der Waals surface area contributed by atoms with Crippen molar-refractivity contribution in [2.24, 2.45) is 23.7 Å². The van der Waals surface area contributed by atoms with Crippen LogP contribution in [-0.2, 0) is 65.4 Å². The first-order valence-electron chi connectivity index (χ1n) is 32.2. The van der Waals surface area contributed by atoms with Gasteiger partial charge >= 0.3 is 39.5 Å². The van der Waals surface area contributed by atoms with E-state index < -0.39 is 97.5 Å². The molecule has 0 saturated carbocycles. The van der Waals surface area contributed by atoms with Crippen LogP contribution in [0.1, 0.15) is 293 Å². The quantitative estimate of drug-likeness (QED) is 0.0222. The van der Waals surface area contributed by atoms with E-state index in [0.717, 1.165) is 109 Å². The van der Waals surface area contributed by atoms with E-state index in [-0.39, 0.29) is 25.7 Å². The number of aliphatic hydroxyl groups is 1. The smallest absolute Gasteiger partial charge is 0.462 e. The number of ether oxygens (including phenoxy) is 4. The third-order valence-electron chi connectivity index (χ3n) is 14.1. The van der Waals surface area contributed by atoms with E-state index in [4.69, 9.17) is 37.0 Å². The zero-order chi connectivity index (χ0) is 60.4. The van der Waals surface area contributed by atoms with Gasteiger partial charge in [-0.3, -0.25) is 37.3 Å². The lowest BCUT2D eigenvalue weighted by Gasteiger charge is -2.21. The number of unbranched alkanes of at least 4 members (excludes halogenated alkanes) is 25. The normalized spacial score (nSPS) is 14.5. The van der Waals surface area contributed by atoms with Crippen LogP contribution in [0.3, 0.4) is 0 Å². The maximum Gasteiger partial charge on any atom is 0.472 e. The second kappa shape index (κ2) is 52.4. The molecule has 0 aliphatic carbocycles. The van der Waals surface area contributed by atoms with Crippen LogP contribution < -0.4 is 0 Å². The standard InChI is InChI=1S/C62H120O17P2/c1-52(2)38-30-22-14-11-9-10-12-16-28-36-44-61(66)78-57(48-72-59(64)42-34-26-20-18-24-32-40-54(5)6)50-76-80(68,69)74-46-56(63)47-75-81(70,71)77-51-58(49-73-60(65)43-35-27-21-19-25-33-41-55(7)8)79-62(67)45-37-29-17-13-15-23-31-39-53(3)4/h52-58,63H,9-51H2,1-8H3,(H,68,69)(H,70,71)/t56-,57-,58-/m1/s1. The fraction of sp³-hybridized carbons (Fsp3) is 0.935. The predicted molar refractivity (Wildman–Crippen MR) is 321 cm³/mol. The molecule has 480 valence electrons. The molecule has 0 aromatic rings. The summed E-state index contributed by atoms with van der Waals surface area (Å²) in [5, 5.41) is 10.5. The van der Waals surface area contributed by atoms with Gasteiger partial charge in [0.05, 0.1) is 26.4 Å². The Morgan fingerprint density at radius 3 is 0.765 bits per heavy atom. The summed E-state index contributed by atoms with van der Waals surface area (Å²) in [5.74, 6) is 0.660. The van der Waals surface area contributed by atoms with Crippen molar-refractivity contribution in [2.75, 3.05) is 39.6 Å². The van der Waals surface area contributed by atoms with Crippen LogP contribution in [0.15, 0.2) is 0 Å². The highest BCUT2D eigenvalue weighted by Gasteiger charge is 2.30. The van der Waals surface area contributed by atoms with Crippen molar-refractivity contribution in [3.63, 3.8) is 0 Å². The molecule has 0 heterocycles. The molecule has 0 amide bonds. The summed E-state index contributed by atoms with van der Waals surface area (Å²) in [7, 11) is -9.88. The van der Waals surface area contributed by atoms with E-state index in [1.54, 1.807) is 0 Å². The molecular formula is C62H120O17P2. The number of aliphatic hydroxyl groups excluding tert-OH is 1. The van der Waals surface area contributed by atoms with Crippen LogP contribution in [0.4, 0.5) is 0 Å². The average Bonchev–Trinajstić information content (AvgIpc) is 3.40. The molecule has 81 heavy (non-hydrogen) atoms. The molecule has 19 heteroatoms. The Morgan fingerprint density at radius 1 is 0.309 bits per heavy atom. The highest BCUT2D eigenvalue weighted by atomic mass is 31.2. The Bertz CT molecular complexity index is 1630. The van der Waals surface area contributed by atoms with Crippen molar-refractivity contribution >= 4 is 39.5 Å². The van der Waals surface area contributed by atoms with Gasteiger partial charge in [0, 0.05) is 25.7 Å². The van der Waals surface area contributed by atoms with Crippen LogP contribution in [0.5, 0.6) is 0 Å². The Balaban J connectivity index is 5.24. The number of hydrogen-bond donors (Lipinski definition) is 3. The third kappa shape index (κ3) is 56.9. The van der Waals surface area contributed by atoms with Crippen molar-refractivity contribution in [1.29, 1.82) is 0 Å². The lowest BCUT2D eigenvalue weighted by Crippen LogP contribution is -2.30. The molecule has 2 unspecified atom stereocenters. The highest BCUT2D eigenvalue weighted by Crippen LogP contribution is 2.45. The fourth-order valence-corrected chi connectivity index (χ4v) is 10.7. The predicted octanol–water partition coefficient (Wildman–Crippen LogP) is 16.6. The van der Waals surface area contributed by atoms with E-state index in [9.17, 15) is 43.2 Å². The van der Waals surface area contributed by atoms with Gasteiger partial charge in [-0.15, -0.1) is 0 Å². The van der Waals surface area contributed by atoms with E-state index in [1.807, 2.05) is 0 Å². The number of hydrogen-bond acceptors (Lipinski definition) is 15. The molecule has 0 fully saturated rings. The van der Waals surface area contributed by atoms with Crippen molar-refractivity contribution < 1.29 is 80.2 Å². The van der Waals surface area contributed by atoms with Crippen molar-refractivity contribution in [3.05, 3.63) is 0 Å². The molecule has 0 aliphatic rings. The van der Waals surface area contributed by atoms with E-state index in [2.05, 4.69) is 55.4 Å². The minimum absolute atomic E-state index is 0.102. The molecule has 0 aromatic carbocycles. The SMILES string of the molecule is CC(C)CCCCCCCCCCCCC(=O)O[C@H](COC(=O)CCCCCCCCC(C)C)COP(=O)(O)OC[C@@H](O)COP(=O)(O)OC[C@@H](COC(=O)CCCCCCCCC(C)C)OC(=O)CCCCCCCCCC(C)C. The Hall–Kier alpha value is -1.94. The van der Waals surface area contributed by atoms with Gasteiger partial charge in [-0.2, -0.15) is 0 Å². The van der Waals surface area contributed by atoms with E-state index in [0.29, 0.717) is 43.4 Å². The summed E-state index contributed by atoms with van der Waals surface area (Å²) in [6.45, 7) is 13.8. The molecule has 0 radical (unpaired) electrons. The fourth-order valence-electron chi connectivity index (χ4n) is 9.08. The van der Waals surface area contributed by atoms with Crippen LogP contribution in [0.2, 0.25) is 0 Å².